The molecule has 34 heavy (non-hydrogen) atoms. The Kier molecular flexibility index (Phi) is 6.16. The van der Waals surface area contributed by atoms with Crippen LogP contribution in [0.2, 0.25) is 0 Å². The zero-order chi connectivity index (χ0) is 24.6. The number of fused-ring (bicyclic) bond motifs is 1. The summed E-state index contributed by atoms with van der Waals surface area (Å²) in [7, 11) is 0. The second kappa shape index (κ2) is 9.06. The van der Waals surface area contributed by atoms with Gasteiger partial charge in [0.25, 0.3) is 5.56 Å². The molecule has 0 spiro atoms. The Bertz CT molecular complexity index is 1350. The summed E-state index contributed by atoms with van der Waals surface area (Å²) >= 11 is 0. The minimum Gasteiger partial charge on any atom is -0.459 e. The quantitative estimate of drug-likeness (QED) is 0.0929. The van der Waals surface area contributed by atoms with Crippen molar-refractivity contribution >= 4 is 28.9 Å². The van der Waals surface area contributed by atoms with Gasteiger partial charge >= 0.3 is 11.7 Å². The third-order valence-electron chi connectivity index (χ3n) is 5.26. The Morgan fingerprint density at radius 3 is 2.76 bits per heavy atom. The van der Waals surface area contributed by atoms with E-state index in [1.165, 1.54) is 24.4 Å². The van der Waals surface area contributed by atoms with Gasteiger partial charge in [0.15, 0.2) is 17.4 Å². The molecule has 0 radical (unpaired) electrons. The first-order chi connectivity index (χ1) is 16.3. The first-order valence-corrected chi connectivity index (χ1v) is 9.99. The van der Waals surface area contributed by atoms with Crippen LogP contribution in [0.5, 0.6) is 0 Å². The van der Waals surface area contributed by atoms with Crippen molar-refractivity contribution in [2.24, 2.45) is 5.84 Å². The Labute approximate surface area is 190 Å². The summed E-state index contributed by atoms with van der Waals surface area (Å²) in [5.74, 6) is 4.55. The topological polar surface area (TPSA) is 226 Å². The van der Waals surface area contributed by atoms with Crippen LogP contribution in [0, 0.1) is 0 Å². The Hall–Kier alpha value is -4.05. The highest BCUT2D eigenvalue weighted by Crippen LogP contribution is 2.30. The molecule has 8 N–H and O–H groups in total. The Morgan fingerprint density at radius 1 is 1.35 bits per heavy atom. The maximum absolute atomic E-state index is 13.1. The van der Waals surface area contributed by atoms with Crippen molar-refractivity contribution in [2.75, 3.05) is 17.8 Å². The van der Waals surface area contributed by atoms with Crippen LogP contribution in [-0.4, -0.2) is 65.2 Å². The Morgan fingerprint density at radius 2 is 2.12 bits per heavy atom. The van der Waals surface area contributed by atoms with E-state index in [0.29, 0.717) is 5.82 Å². The van der Waals surface area contributed by atoms with Crippen molar-refractivity contribution in [1.29, 1.82) is 0 Å². The average molecular weight is 474 g/mol. The fraction of sp³-hybridized carbons (Fsp3) is 0.316. The molecule has 15 nitrogen and oxygen atoms in total. The monoisotopic (exact) mass is 474 g/mol. The van der Waals surface area contributed by atoms with Crippen molar-refractivity contribution in [2.45, 2.75) is 31.1 Å². The van der Waals surface area contributed by atoms with Gasteiger partial charge < -0.3 is 30.8 Å². The fourth-order valence-electron chi connectivity index (χ4n) is 3.65. The summed E-state index contributed by atoms with van der Waals surface area (Å²) in [4.78, 5) is 48.0. The summed E-state index contributed by atoms with van der Waals surface area (Å²) in [6.07, 6.45) is -3.12. The van der Waals surface area contributed by atoms with E-state index < -0.39 is 48.4 Å². The molecule has 0 saturated carbocycles. The summed E-state index contributed by atoms with van der Waals surface area (Å²) in [5, 5.41) is 21.1. The van der Waals surface area contributed by atoms with Crippen molar-refractivity contribution in [3.8, 4) is 0 Å². The number of hydrazine groups is 1. The third-order valence-corrected chi connectivity index (χ3v) is 5.26. The normalized spacial score (nSPS) is 22.1. The molecule has 1 fully saturated rings. The summed E-state index contributed by atoms with van der Waals surface area (Å²) in [6.45, 7) is 3.09. The zero-order valence-corrected chi connectivity index (χ0v) is 17.6. The number of nitrogen functional groups attached to an aromatic ring is 2. The number of nitrogens with one attached hydrogen (secondary N) is 2. The SMILES string of the molecule is C=CCn1c(=O)n([C@@H]2O[C@H](COC(=O)c3ccc(NN)nc3)[C@@H](O)[C@H]2O)c2nc(N)[nH]c(=O)c21. The van der Waals surface area contributed by atoms with Crippen molar-refractivity contribution < 1.29 is 24.5 Å². The van der Waals surface area contributed by atoms with Crippen LogP contribution in [-0.2, 0) is 16.0 Å². The van der Waals surface area contributed by atoms with Crippen molar-refractivity contribution in [3.63, 3.8) is 0 Å². The lowest BCUT2D eigenvalue weighted by molar-refractivity contribution is -0.0579. The highest BCUT2D eigenvalue weighted by molar-refractivity contribution is 5.89. The number of rotatable bonds is 7. The number of carbonyl (C=O) groups excluding carboxylic acids is 1. The molecule has 0 aliphatic carbocycles. The molecule has 1 aliphatic rings. The highest BCUT2D eigenvalue weighted by Gasteiger charge is 2.46. The van der Waals surface area contributed by atoms with E-state index in [9.17, 15) is 24.6 Å². The molecule has 4 heterocycles. The molecule has 4 rings (SSSR count). The van der Waals surface area contributed by atoms with Gasteiger partial charge in [0, 0.05) is 12.7 Å². The first-order valence-electron chi connectivity index (χ1n) is 9.99. The van der Waals surface area contributed by atoms with Gasteiger partial charge in [-0.2, -0.15) is 4.98 Å². The molecule has 3 aromatic rings. The van der Waals surface area contributed by atoms with Crippen LogP contribution in [0.4, 0.5) is 11.8 Å². The van der Waals surface area contributed by atoms with Gasteiger partial charge in [-0.05, 0) is 12.1 Å². The highest BCUT2D eigenvalue weighted by atomic mass is 16.6. The number of nitrogens with zero attached hydrogens (tertiary/aromatic N) is 4. The van der Waals surface area contributed by atoms with Gasteiger partial charge in [0.1, 0.15) is 30.7 Å². The van der Waals surface area contributed by atoms with E-state index >= 15 is 0 Å². The van der Waals surface area contributed by atoms with Crippen molar-refractivity contribution in [3.05, 3.63) is 57.4 Å². The van der Waals surface area contributed by atoms with E-state index in [1.807, 2.05) is 0 Å². The van der Waals surface area contributed by atoms with E-state index in [2.05, 4.69) is 27.0 Å². The molecule has 1 saturated heterocycles. The predicted octanol–water partition coefficient (Wildman–Crippen LogP) is -2.19. The van der Waals surface area contributed by atoms with Gasteiger partial charge in [-0.15, -0.1) is 6.58 Å². The number of aliphatic hydroxyl groups excluding tert-OH is 2. The van der Waals surface area contributed by atoms with Gasteiger partial charge in [-0.1, -0.05) is 6.08 Å². The molecule has 15 heteroatoms. The molecule has 4 atom stereocenters. The number of anilines is 2. The van der Waals surface area contributed by atoms with E-state index in [4.69, 9.17) is 21.1 Å². The number of imidazole rings is 1. The minimum atomic E-state index is -1.61. The van der Waals surface area contributed by atoms with Crippen LogP contribution >= 0.6 is 0 Å². The lowest BCUT2D eigenvalue weighted by Gasteiger charge is -2.15. The maximum atomic E-state index is 13.1. The van der Waals surface area contributed by atoms with Gasteiger partial charge in [0.05, 0.1) is 5.56 Å². The van der Waals surface area contributed by atoms with Gasteiger partial charge in [0.2, 0.25) is 5.95 Å². The second-order valence-electron chi connectivity index (χ2n) is 7.40. The number of pyridine rings is 1. The van der Waals surface area contributed by atoms with Crippen LogP contribution in [0.3, 0.4) is 0 Å². The number of nitrogens with two attached hydrogens (primary N) is 2. The Balaban J connectivity index is 1.60. The molecule has 0 aromatic carbocycles. The van der Waals surface area contributed by atoms with Crippen LogP contribution in [0.1, 0.15) is 16.6 Å². The van der Waals surface area contributed by atoms with Gasteiger partial charge in [-0.25, -0.2) is 25.0 Å². The first kappa shape index (κ1) is 23.1. The van der Waals surface area contributed by atoms with E-state index in [-0.39, 0.29) is 29.2 Å². The molecule has 180 valence electrons. The summed E-state index contributed by atoms with van der Waals surface area (Å²) in [6, 6.07) is 2.89. The fourth-order valence-corrected chi connectivity index (χ4v) is 3.65. The number of aromatic nitrogens is 5. The number of hydrogen-bond acceptors (Lipinski definition) is 12. The maximum Gasteiger partial charge on any atom is 0.339 e. The molecule has 0 bridgehead atoms. The zero-order valence-electron chi connectivity index (χ0n) is 17.6. The van der Waals surface area contributed by atoms with E-state index in [0.717, 1.165) is 9.13 Å². The molecule has 3 aromatic heterocycles. The molecular formula is C19H22N8O7. The molecule has 1 aliphatic heterocycles. The molecule has 0 unspecified atom stereocenters. The lowest BCUT2D eigenvalue weighted by Crippen LogP contribution is -2.36. The van der Waals surface area contributed by atoms with Crippen LogP contribution in [0.15, 0.2) is 40.6 Å². The number of aromatic amines is 1. The predicted molar refractivity (Wildman–Crippen MR) is 117 cm³/mol. The molecule has 0 amide bonds. The number of esters is 1. The van der Waals surface area contributed by atoms with E-state index in [1.54, 1.807) is 0 Å². The average Bonchev–Trinajstić information content (AvgIpc) is 3.25. The number of aliphatic hydroxyl groups is 2. The van der Waals surface area contributed by atoms with Gasteiger partial charge in [-0.3, -0.25) is 14.3 Å². The molecular weight excluding hydrogens is 452 g/mol. The minimum absolute atomic E-state index is 0.0318. The third kappa shape index (κ3) is 3.92. The number of H-pyrrole nitrogens is 1. The summed E-state index contributed by atoms with van der Waals surface area (Å²) in [5.41, 5.74) is 6.39. The second-order valence-corrected chi connectivity index (χ2v) is 7.40. The lowest BCUT2D eigenvalue weighted by atomic mass is 10.1. The summed E-state index contributed by atoms with van der Waals surface area (Å²) < 4.78 is 12.8. The largest absolute Gasteiger partial charge is 0.459 e. The van der Waals surface area contributed by atoms with Crippen LogP contribution < -0.4 is 28.3 Å². The van der Waals surface area contributed by atoms with Crippen molar-refractivity contribution in [1.82, 2.24) is 24.1 Å². The standard InChI is InChI=1S/C19H22N8O7/c1-2-5-26-11-14(23-18(20)24-15(11)30)27(19(26)32)16-13(29)12(28)9(34-16)7-33-17(31)8-3-4-10(25-21)22-6-8/h2-4,6,9,12-13,16,28-29H,1,5,7,21H2,(H,22,25)(H3,20,23,24,30)/t9-,12-,13-,16-/m1/s1. The smallest absolute Gasteiger partial charge is 0.339 e. The number of allylic oxidation sites excluding steroid dienone is 1. The van der Waals surface area contributed by atoms with Crippen LogP contribution in [0.25, 0.3) is 11.2 Å². The number of ether oxygens (including phenoxy) is 2. The number of hydrogen-bond donors (Lipinski definition) is 6. The number of carbonyl (C=O) groups is 1.